The van der Waals surface area contributed by atoms with Crippen molar-refractivity contribution >= 4 is 15.9 Å². The number of aryl methyl sites for hydroxylation is 1. The number of rotatable bonds is 7. The van der Waals surface area contributed by atoms with Crippen LogP contribution in [0, 0.1) is 5.92 Å². The molecule has 1 saturated heterocycles. The van der Waals surface area contributed by atoms with Crippen LogP contribution in [-0.4, -0.2) is 53.8 Å². The third-order valence-corrected chi connectivity index (χ3v) is 5.25. The lowest BCUT2D eigenvalue weighted by Gasteiger charge is -2.19. The lowest BCUT2D eigenvalue weighted by Crippen LogP contribution is -2.41. The minimum absolute atomic E-state index is 0.0584. The highest BCUT2D eigenvalue weighted by molar-refractivity contribution is 7.88. The Balaban J connectivity index is 1.89. The van der Waals surface area contributed by atoms with E-state index in [0.717, 1.165) is 12.8 Å². The standard InChI is InChI=1S/C14H24N4O3S/c1-3-5-12-10-18(22(2,20)21)11-13(12)16-14(19)6-9-17-8-4-7-15-17/h4,7-8,12-13H,3,5-6,9-11H2,1-2H3,(H,16,19)/t12-,13-/m1/s1. The molecule has 1 aromatic rings. The molecule has 0 aliphatic carbocycles. The molecule has 2 rings (SSSR count). The van der Waals surface area contributed by atoms with Crippen molar-refractivity contribution in [3.63, 3.8) is 0 Å². The molecule has 0 spiro atoms. The summed E-state index contributed by atoms with van der Waals surface area (Å²) in [6, 6.07) is 1.72. The van der Waals surface area contributed by atoms with Gasteiger partial charge in [0.15, 0.2) is 0 Å². The highest BCUT2D eigenvalue weighted by Crippen LogP contribution is 2.23. The van der Waals surface area contributed by atoms with Crippen LogP contribution in [0.15, 0.2) is 18.5 Å². The number of carbonyl (C=O) groups excluding carboxylic acids is 1. The quantitative estimate of drug-likeness (QED) is 0.787. The summed E-state index contributed by atoms with van der Waals surface area (Å²) in [6.07, 6.45) is 6.94. The molecule has 2 atom stereocenters. The van der Waals surface area contributed by atoms with Gasteiger partial charge < -0.3 is 5.32 Å². The fraction of sp³-hybridized carbons (Fsp3) is 0.714. The molecule has 124 valence electrons. The molecule has 1 aliphatic heterocycles. The van der Waals surface area contributed by atoms with Gasteiger partial charge in [-0.1, -0.05) is 13.3 Å². The Morgan fingerprint density at radius 3 is 2.77 bits per heavy atom. The first-order valence-corrected chi connectivity index (χ1v) is 9.47. The number of hydrogen-bond acceptors (Lipinski definition) is 4. The van der Waals surface area contributed by atoms with Gasteiger partial charge in [0.2, 0.25) is 15.9 Å². The zero-order valence-electron chi connectivity index (χ0n) is 13.1. The van der Waals surface area contributed by atoms with Gasteiger partial charge in [-0.05, 0) is 18.4 Å². The number of nitrogens with one attached hydrogen (secondary N) is 1. The zero-order valence-corrected chi connectivity index (χ0v) is 13.9. The summed E-state index contributed by atoms with van der Waals surface area (Å²) in [5.41, 5.74) is 0. The number of amides is 1. The average molecular weight is 328 g/mol. The zero-order chi connectivity index (χ0) is 16.2. The molecule has 7 nitrogen and oxygen atoms in total. The minimum Gasteiger partial charge on any atom is -0.352 e. The Morgan fingerprint density at radius 2 is 2.18 bits per heavy atom. The van der Waals surface area contributed by atoms with E-state index in [4.69, 9.17) is 0 Å². The van der Waals surface area contributed by atoms with Crippen molar-refractivity contribution in [2.75, 3.05) is 19.3 Å². The van der Waals surface area contributed by atoms with Gasteiger partial charge in [0.25, 0.3) is 0 Å². The first-order chi connectivity index (χ1) is 10.4. The van der Waals surface area contributed by atoms with E-state index in [1.807, 2.05) is 12.3 Å². The van der Waals surface area contributed by atoms with E-state index in [-0.39, 0.29) is 17.9 Å². The van der Waals surface area contributed by atoms with Crippen LogP contribution >= 0.6 is 0 Å². The van der Waals surface area contributed by atoms with Gasteiger partial charge in [0.1, 0.15) is 0 Å². The fourth-order valence-electron chi connectivity index (χ4n) is 2.86. The molecular formula is C14H24N4O3S. The summed E-state index contributed by atoms with van der Waals surface area (Å²) >= 11 is 0. The van der Waals surface area contributed by atoms with Crippen LogP contribution in [0.3, 0.4) is 0 Å². The number of nitrogens with zero attached hydrogens (tertiary/aromatic N) is 3. The monoisotopic (exact) mass is 328 g/mol. The molecule has 22 heavy (non-hydrogen) atoms. The van der Waals surface area contributed by atoms with E-state index in [9.17, 15) is 13.2 Å². The highest BCUT2D eigenvalue weighted by Gasteiger charge is 2.37. The van der Waals surface area contributed by atoms with Crippen molar-refractivity contribution in [1.82, 2.24) is 19.4 Å². The van der Waals surface area contributed by atoms with Crippen LogP contribution in [-0.2, 0) is 21.4 Å². The predicted octanol–water partition coefficient (Wildman–Crippen LogP) is 0.450. The lowest BCUT2D eigenvalue weighted by atomic mass is 9.98. The Labute approximate surface area is 131 Å². The molecule has 1 N–H and O–H groups in total. The third-order valence-electron chi connectivity index (χ3n) is 4.01. The summed E-state index contributed by atoms with van der Waals surface area (Å²) in [6.45, 7) is 3.47. The topological polar surface area (TPSA) is 84.3 Å². The second kappa shape index (κ2) is 7.23. The van der Waals surface area contributed by atoms with E-state index in [1.54, 1.807) is 10.9 Å². The van der Waals surface area contributed by atoms with Crippen molar-refractivity contribution in [3.05, 3.63) is 18.5 Å². The average Bonchev–Trinajstić information content (AvgIpc) is 3.06. The molecule has 1 aromatic heterocycles. The number of sulfonamides is 1. The van der Waals surface area contributed by atoms with Crippen molar-refractivity contribution in [1.29, 1.82) is 0 Å². The lowest BCUT2D eigenvalue weighted by molar-refractivity contribution is -0.122. The van der Waals surface area contributed by atoms with Crippen LogP contribution < -0.4 is 5.32 Å². The van der Waals surface area contributed by atoms with E-state index >= 15 is 0 Å². The van der Waals surface area contributed by atoms with Crippen LogP contribution in [0.4, 0.5) is 0 Å². The summed E-state index contributed by atoms with van der Waals surface area (Å²) in [4.78, 5) is 12.1. The van der Waals surface area contributed by atoms with Crippen LogP contribution in [0.1, 0.15) is 26.2 Å². The first kappa shape index (κ1) is 17.0. The smallest absolute Gasteiger partial charge is 0.222 e. The molecule has 1 aliphatic rings. The molecular weight excluding hydrogens is 304 g/mol. The summed E-state index contributed by atoms with van der Waals surface area (Å²) in [5.74, 6) is 0.130. The summed E-state index contributed by atoms with van der Waals surface area (Å²) < 4.78 is 26.6. The van der Waals surface area contributed by atoms with Gasteiger partial charge in [-0.2, -0.15) is 9.40 Å². The van der Waals surface area contributed by atoms with Gasteiger partial charge in [0, 0.05) is 44.5 Å². The van der Waals surface area contributed by atoms with Gasteiger partial charge in [-0.15, -0.1) is 0 Å². The molecule has 0 aromatic carbocycles. The van der Waals surface area contributed by atoms with Crippen molar-refractivity contribution in [2.24, 2.45) is 5.92 Å². The van der Waals surface area contributed by atoms with Gasteiger partial charge in [0.05, 0.1) is 6.26 Å². The molecule has 0 saturated carbocycles. The molecule has 0 radical (unpaired) electrons. The second-order valence-electron chi connectivity index (χ2n) is 5.82. The van der Waals surface area contributed by atoms with Gasteiger partial charge in [-0.3, -0.25) is 9.48 Å². The molecule has 0 unspecified atom stereocenters. The molecule has 2 heterocycles. The number of carbonyl (C=O) groups is 1. The molecule has 1 amide bonds. The predicted molar refractivity (Wildman–Crippen MR) is 83.6 cm³/mol. The molecule has 8 heteroatoms. The Hall–Kier alpha value is -1.41. The third kappa shape index (κ3) is 4.54. The number of aromatic nitrogens is 2. The van der Waals surface area contributed by atoms with E-state index < -0.39 is 10.0 Å². The van der Waals surface area contributed by atoms with Crippen molar-refractivity contribution in [3.8, 4) is 0 Å². The Bertz CT molecular complexity index is 585. The van der Waals surface area contributed by atoms with Crippen LogP contribution in [0.5, 0.6) is 0 Å². The Kier molecular flexibility index (Phi) is 5.57. The number of hydrogen-bond donors (Lipinski definition) is 1. The SMILES string of the molecule is CCC[C@@H]1CN(S(C)(=O)=O)C[C@H]1NC(=O)CCn1cccn1. The normalized spacial score (nSPS) is 22.8. The maximum absolute atomic E-state index is 12.1. The van der Waals surface area contributed by atoms with E-state index in [2.05, 4.69) is 17.3 Å². The second-order valence-corrected chi connectivity index (χ2v) is 7.80. The molecule has 0 bridgehead atoms. The fourth-order valence-corrected chi connectivity index (χ4v) is 3.75. The van der Waals surface area contributed by atoms with E-state index in [1.165, 1.54) is 10.6 Å². The summed E-state index contributed by atoms with van der Waals surface area (Å²) in [7, 11) is -3.20. The largest absolute Gasteiger partial charge is 0.352 e. The van der Waals surface area contributed by atoms with Crippen molar-refractivity contribution < 1.29 is 13.2 Å². The minimum atomic E-state index is -3.20. The van der Waals surface area contributed by atoms with Crippen molar-refractivity contribution in [2.45, 2.75) is 38.8 Å². The Morgan fingerprint density at radius 1 is 1.41 bits per heavy atom. The van der Waals surface area contributed by atoms with Gasteiger partial charge in [-0.25, -0.2) is 8.42 Å². The summed E-state index contributed by atoms with van der Waals surface area (Å²) in [5, 5.41) is 7.05. The highest BCUT2D eigenvalue weighted by atomic mass is 32.2. The van der Waals surface area contributed by atoms with Gasteiger partial charge >= 0.3 is 0 Å². The van der Waals surface area contributed by atoms with Crippen LogP contribution in [0.2, 0.25) is 0 Å². The first-order valence-electron chi connectivity index (χ1n) is 7.62. The maximum atomic E-state index is 12.1. The maximum Gasteiger partial charge on any atom is 0.222 e. The van der Waals surface area contributed by atoms with Crippen LogP contribution in [0.25, 0.3) is 0 Å². The van der Waals surface area contributed by atoms with E-state index in [0.29, 0.717) is 26.1 Å². The molecule has 1 fully saturated rings.